The highest BCUT2D eigenvalue weighted by molar-refractivity contribution is 5.95. The van der Waals surface area contributed by atoms with E-state index >= 15 is 0 Å². The lowest BCUT2D eigenvalue weighted by Gasteiger charge is -2.15. The van der Waals surface area contributed by atoms with Gasteiger partial charge in [-0.15, -0.1) is 0 Å². The number of hydrogen-bond donors (Lipinski definition) is 3. The first-order chi connectivity index (χ1) is 15.1. The number of carbonyl (C=O) groups is 2. The van der Waals surface area contributed by atoms with Crippen LogP contribution in [0.5, 0.6) is 0 Å². The highest BCUT2D eigenvalue weighted by atomic mass is 16.3. The van der Waals surface area contributed by atoms with Crippen molar-refractivity contribution in [1.82, 2.24) is 10.2 Å². The monoisotopic (exact) mass is 416 g/mol. The zero-order chi connectivity index (χ0) is 21.8. The molecule has 3 aromatic rings. The predicted octanol–water partition coefficient (Wildman–Crippen LogP) is 2.76. The summed E-state index contributed by atoms with van der Waals surface area (Å²) in [7, 11) is 0. The molecule has 3 N–H and O–H groups in total. The van der Waals surface area contributed by atoms with Crippen LogP contribution in [0.4, 0.5) is 0 Å². The average Bonchev–Trinajstić information content (AvgIpc) is 3.25. The minimum Gasteiger partial charge on any atom is -0.392 e. The highest BCUT2D eigenvalue weighted by Crippen LogP contribution is 2.26. The van der Waals surface area contributed by atoms with Crippen molar-refractivity contribution in [2.45, 2.75) is 32.8 Å². The highest BCUT2D eigenvalue weighted by Gasteiger charge is 2.24. The maximum atomic E-state index is 12.9. The van der Waals surface area contributed by atoms with Crippen molar-refractivity contribution in [1.29, 1.82) is 0 Å². The Labute approximate surface area is 180 Å². The van der Waals surface area contributed by atoms with Crippen LogP contribution in [-0.4, -0.2) is 26.9 Å². The lowest BCUT2D eigenvalue weighted by Crippen LogP contribution is -2.25. The molecule has 1 aliphatic rings. The van der Waals surface area contributed by atoms with E-state index in [1.54, 1.807) is 53.4 Å². The second-order valence-corrected chi connectivity index (χ2v) is 7.66. The molecule has 0 aliphatic carbocycles. The van der Waals surface area contributed by atoms with Crippen molar-refractivity contribution >= 4 is 11.8 Å². The van der Waals surface area contributed by atoms with Crippen molar-refractivity contribution in [2.24, 2.45) is 0 Å². The van der Waals surface area contributed by atoms with Crippen molar-refractivity contribution in [2.75, 3.05) is 0 Å². The van der Waals surface area contributed by atoms with E-state index in [0.717, 1.165) is 16.7 Å². The van der Waals surface area contributed by atoms with Gasteiger partial charge < -0.3 is 20.4 Å². The van der Waals surface area contributed by atoms with Crippen LogP contribution >= 0.6 is 0 Å². The summed E-state index contributed by atoms with van der Waals surface area (Å²) in [4.78, 5) is 27.1. The third-order valence-corrected chi connectivity index (χ3v) is 5.46. The first kappa shape index (κ1) is 20.8. The summed E-state index contributed by atoms with van der Waals surface area (Å²) in [6.07, 6.45) is 0. The van der Waals surface area contributed by atoms with Gasteiger partial charge >= 0.3 is 0 Å². The molecule has 0 spiro atoms. The van der Waals surface area contributed by atoms with Crippen molar-refractivity contribution in [3.63, 3.8) is 0 Å². The van der Waals surface area contributed by atoms with Gasteiger partial charge in [-0.25, -0.2) is 0 Å². The summed E-state index contributed by atoms with van der Waals surface area (Å²) in [5.74, 6) is -0.263. The van der Waals surface area contributed by atoms with Crippen LogP contribution in [0.2, 0.25) is 0 Å². The van der Waals surface area contributed by atoms with E-state index in [2.05, 4.69) is 5.32 Å². The first-order valence-corrected chi connectivity index (χ1v) is 10.1. The van der Waals surface area contributed by atoms with Gasteiger partial charge in [0.1, 0.15) is 0 Å². The molecule has 0 radical (unpaired) electrons. The van der Waals surface area contributed by atoms with Crippen LogP contribution < -0.4 is 5.32 Å². The summed E-state index contributed by atoms with van der Waals surface area (Å²) in [6, 6.07) is 19.9. The number of amides is 2. The maximum absolute atomic E-state index is 12.9. The quantitative estimate of drug-likeness (QED) is 0.576. The van der Waals surface area contributed by atoms with Gasteiger partial charge in [-0.3, -0.25) is 9.59 Å². The second-order valence-electron chi connectivity index (χ2n) is 7.66. The standard InChI is InChI=1S/C25H24N2O4/c28-15-18-3-1-5-20(10-18)24(30)26-12-17-7-8-22-13-27(14-23(22)9-17)25(31)21-6-2-4-19(11-21)16-29/h1-11,28-29H,12-16H2,(H,26,30). The van der Waals surface area contributed by atoms with Crippen LogP contribution in [0, 0.1) is 0 Å². The lowest BCUT2D eigenvalue weighted by molar-refractivity contribution is 0.0751. The number of fused-ring (bicyclic) bond motifs is 1. The molecule has 0 bridgehead atoms. The number of nitrogens with zero attached hydrogens (tertiary/aromatic N) is 1. The molecule has 0 saturated heterocycles. The fourth-order valence-corrected chi connectivity index (χ4v) is 3.78. The van der Waals surface area contributed by atoms with Gasteiger partial charge in [-0.2, -0.15) is 0 Å². The lowest BCUT2D eigenvalue weighted by atomic mass is 10.1. The number of aliphatic hydroxyl groups excluding tert-OH is 2. The van der Waals surface area contributed by atoms with E-state index < -0.39 is 0 Å². The summed E-state index contributed by atoms with van der Waals surface area (Å²) in [6.45, 7) is 1.23. The molecule has 6 nitrogen and oxygen atoms in total. The second kappa shape index (κ2) is 9.12. The van der Waals surface area contributed by atoms with E-state index in [9.17, 15) is 19.8 Å². The number of hydrogen-bond acceptors (Lipinski definition) is 4. The van der Waals surface area contributed by atoms with E-state index in [4.69, 9.17) is 0 Å². The molecule has 1 aliphatic heterocycles. The molecular weight excluding hydrogens is 392 g/mol. The fourth-order valence-electron chi connectivity index (χ4n) is 3.78. The minimum atomic E-state index is -0.198. The molecule has 0 saturated carbocycles. The number of aliphatic hydroxyl groups is 2. The van der Waals surface area contributed by atoms with Gasteiger partial charge in [0.25, 0.3) is 11.8 Å². The number of rotatable bonds is 6. The van der Waals surface area contributed by atoms with Crippen LogP contribution in [0.15, 0.2) is 66.7 Å². The summed E-state index contributed by atoms with van der Waals surface area (Å²) < 4.78 is 0. The Balaban J connectivity index is 1.40. The molecule has 2 amide bonds. The molecule has 31 heavy (non-hydrogen) atoms. The summed E-state index contributed by atoms with van der Waals surface area (Å²) >= 11 is 0. The van der Waals surface area contributed by atoms with E-state index in [0.29, 0.717) is 41.9 Å². The van der Waals surface area contributed by atoms with Crippen LogP contribution in [0.1, 0.15) is 48.5 Å². The minimum absolute atomic E-state index is 0.0647. The third-order valence-electron chi connectivity index (χ3n) is 5.46. The van der Waals surface area contributed by atoms with Gasteiger partial charge in [0.05, 0.1) is 13.2 Å². The Morgan fingerprint density at radius 2 is 1.42 bits per heavy atom. The normalized spacial score (nSPS) is 12.5. The van der Waals surface area contributed by atoms with Crippen molar-refractivity contribution in [3.8, 4) is 0 Å². The van der Waals surface area contributed by atoms with Gasteiger partial charge in [-0.1, -0.05) is 42.5 Å². The van der Waals surface area contributed by atoms with E-state index in [1.165, 1.54) is 0 Å². The van der Waals surface area contributed by atoms with Crippen LogP contribution in [0.25, 0.3) is 0 Å². The Morgan fingerprint density at radius 1 is 0.774 bits per heavy atom. The molecule has 158 valence electrons. The predicted molar refractivity (Wildman–Crippen MR) is 116 cm³/mol. The van der Waals surface area contributed by atoms with Crippen LogP contribution in [-0.2, 0) is 32.8 Å². The molecule has 6 heteroatoms. The topological polar surface area (TPSA) is 89.9 Å². The molecule has 0 fully saturated rings. The van der Waals surface area contributed by atoms with Crippen molar-refractivity contribution < 1.29 is 19.8 Å². The maximum Gasteiger partial charge on any atom is 0.254 e. The Kier molecular flexibility index (Phi) is 6.11. The van der Waals surface area contributed by atoms with Gasteiger partial charge in [0.2, 0.25) is 0 Å². The van der Waals surface area contributed by atoms with Gasteiger partial charge in [0, 0.05) is 30.8 Å². The van der Waals surface area contributed by atoms with E-state index in [1.807, 2.05) is 18.2 Å². The Bertz CT molecular complexity index is 1130. The zero-order valence-corrected chi connectivity index (χ0v) is 17.0. The van der Waals surface area contributed by atoms with Crippen molar-refractivity contribution in [3.05, 3.63) is 106 Å². The van der Waals surface area contributed by atoms with E-state index in [-0.39, 0.29) is 25.0 Å². The molecule has 1 heterocycles. The van der Waals surface area contributed by atoms with Gasteiger partial charge in [-0.05, 0) is 52.1 Å². The third kappa shape index (κ3) is 4.66. The zero-order valence-electron chi connectivity index (χ0n) is 17.0. The molecule has 0 atom stereocenters. The number of nitrogens with one attached hydrogen (secondary N) is 1. The molecule has 3 aromatic carbocycles. The van der Waals surface area contributed by atoms with Gasteiger partial charge in [0.15, 0.2) is 0 Å². The molecule has 0 aromatic heterocycles. The van der Waals surface area contributed by atoms with Crippen LogP contribution in [0.3, 0.4) is 0 Å². The number of benzene rings is 3. The smallest absolute Gasteiger partial charge is 0.254 e. The summed E-state index contributed by atoms with van der Waals surface area (Å²) in [5.41, 5.74) is 5.61. The average molecular weight is 416 g/mol. The molecule has 4 rings (SSSR count). The number of carbonyl (C=O) groups excluding carboxylic acids is 2. The Hall–Kier alpha value is -3.48. The SMILES string of the molecule is O=C(NCc1ccc2c(c1)CN(C(=O)c1cccc(CO)c1)C2)c1cccc(CO)c1. The largest absolute Gasteiger partial charge is 0.392 e. The first-order valence-electron chi connectivity index (χ1n) is 10.1. The summed E-state index contributed by atoms with van der Waals surface area (Å²) in [5, 5.41) is 21.4. The Morgan fingerprint density at radius 3 is 2.13 bits per heavy atom. The molecular formula is C25H24N2O4. The molecule has 0 unspecified atom stereocenters. The fraction of sp³-hybridized carbons (Fsp3) is 0.200.